The number of rotatable bonds is 5. The van der Waals surface area contributed by atoms with Gasteiger partial charge in [0, 0.05) is 57.5 Å². The molecule has 1 aromatic heterocycles. The van der Waals surface area contributed by atoms with Crippen LogP contribution in [0, 0.1) is 6.92 Å². The fourth-order valence-electron chi connectivity index (χ4n) is 5.90. The van der Waals surface area contributed by atoms with Crippen LogP contribution in [0.25, 0.3) is 0 Å². The predicted octanol–water partition coefficient (Wildman–Crippen LogP) is 4.38. The maximum absolute atomic E-state index is 13.9. The first-order valence-electron chi connectivity index (χ1n) is 13.9. The van der Waals surface area contributed by atoms with Gasteiger partial charge in [-0.2, -0.15) is 26.3 Å². The Morgan fingerprint density at radius 2 is 1.76 bits per heavy atom. The smallest absolute Gasteiger partial charge is 0.379 e. The van der Waals surface area contributed by atoms with Gasteiger partial charge in [0.2, 0.25) is 5.82 Å². The molecule has 0 unspecified atom stereocenters. The second-order valence-electron chi connectivity index (χ2n) is 11.0. The van der Waals surface area contributed by atoms with Gasteiger partial charge < -0.3 is 24.6 Å². The molecule has 2 atom stereocenters. The quantitative estimate of drug-likeness (QED) is 0.510. The molecule has 1 N–H and O–H groups in total. The lowest BCUT2D eigenvalue weighted by molar-refractivity contribution is -0.145. The first-order valence-corrected chi connectivity index (χ1v) is 13.9. The molecule has 5 rings (SSSR count). The van der Waals surface area contributed by atoms with Gasteiger partial charge in [-0.15, -0.1) is 0 Å². The van der Waals surface area contributed by atoms with E-state index in [1.54, 1.807) is 7.11 Å². The summed E-state index contributed by atoms with van der Waals surface area (Å²) in [4.78, 5) is 23.9. The summed E-state index contributed by atoms with van der Waals surface area (Å²) >= 11 is 0. The Hall–Kier alpha value is -2.97. The number of benzene rings is 1. The number of nitrogens with one attached hydrogen (secondary N) is 1. The molecule has 230 valence electrons. The highest BCUT2D eigenvalue weighted by Gasteiger charge is 2.39. The number of alkyl halides is 6. The van der Waals surface area contributed by atoms with E-state index in [0.717, 1.165) is 18.6 Å². The van der Waals surface area contributed by atoms with E-state index >= 15 is 0 Å². The monoisotopic (exact) mass is 601 g/mol. The number of likely N-dealkylation sites (tertiary alicyclic amines) is 1. The highest BCUT2D eigenvalue weighted by molar-refractivity contribution is 5.95. The van der Waals surface area contributed by atoms with E-state index in [9.17, 15) is 31.1 Å². The number of anilines is 1. The molecule has 3 aliphatic heterocycles. The number of halogens is 6. The van der Waals surface area contributed by atoms with E-state index in [1.807, 2.05) is 0 Å². The van der Waals surface area contributed by atoms with Crippen molar-refractivity contribution in [2.24, 2.45) is 0 Å². The van der Waals surface area contributed by atoms with Crippen LogP contribution in [0.4, 0.5) is 32.2 Å². The Morgan fingerprint density at radius 1 is 1.02 bits per heavy atom. The summed E-state index contributed by atoms with van der Waals surface area (Å²) < 4.78 is 92.5. The van der Waals surface area contributed by atoms with Crippen molar-refractivity contribution in [1.82, 2.24) is 20.2 Å². The highest BCUT2D eigenvalue weighted by atomic mass is 19.4. The van der Waals surface area contributed by atoms with Crippen molar-refractivity contribution in [3.8, 4) is 0 Å². The van der Waals surface area contributed by atoms with Crippen molar-refractivity contribution in [3.63, 3.8) is 0 Å². The van der Waals surface area contributed by atoms with Crippen molar-refractivity contribution in [3.05, 3.63) is 52.0 Å². The third-order valence-corrected chi connectivity index (χ3v) is 8.26. The molecule has 14 heteroatoms. The summed E-state index contributed by atoms with van der Waals surface area (Å²) in [7, 11) is 1.63. The van der Waals surface area contributed by atoms with Crippen LogP contribution in [-0.2, 0) is 34.8 Å². The van der Waals surface area contributed by atoms with Gasteiger partial charge in [0.15, 0.2) is 0 Å². The SMILES string of the molecule is CO[C@@H]1COCC[C@@H]1NC1CCN(C(=O)c2nc(C(F)(F)F)nc(N3CCc4ccc(C(F)(F)F)cc4C3)c2C)CC1. The summed E-state index contributed by atoms with van der Waals surface area (Å²) in [6.07, 6.45) is -7.24. The second-order valence-corrected chi connectivity index (χ2v) is 11.0. The third-order valence-electron chi connectivity index (χ3n) is 8.26. The number of hydrogen-bond acceptors (Lipinski definition) is 7. The first kappa shape index (κ1) is 30.5. The molecule has 2 fully saturated rings. The number of aromatic nitrogens is 2. The van der Waals surface area contributed by atoms with Crippen LogP contribution in [0.1, 0.15) is 57.8 Å². The molecule has 42 heavy (non-hydrogen) atoms. The zero-order valence-electron chi connectivity index (χ0n) is 23.3. The summed E-state index contributed by atoms with van der Waals surface area (Å²) in [5.41, 5.74) is 0.0192. The Bertz CT molecular complexity index is 1300. The number of fused-ring (bicyclic) bond motifs is 1. The molecule has 0 bridgehead atoms. The molecule has 3 aliphatic rings. The lowest BCUT2D eigenvalue weighted by Crippen LogP contribution is -2.54. The zero-order chi connectivity index (χ0) is 30.2. The van der Waals surface area contributed by atoms with Gasteiger partial charge >= 0.3 is 12.4 Å². The van der Waals surface area contributed by atoms with Gasteiger partial charge in [0.1, 0.15) is 11.5 Å². The van der Waals surface area contributed by atoms with Crippen LogP contribution in [0.2, 0.25) is 0 Å². The summed E-state index contributed by atoms with van der Waals surface area (Å²) in [5.74, 6) is -2.19. The molecule has 1 aromatic carbocycles. The molecule has 2 aromatic rings. The van der Waals surface area contributed by atoms with E-state index in [-0.39, 0.29) is 48.4 Å². The Kier molecular flexibility index (Phi) is 8.68. The van der Waals surface area contributed by atoms with Crippen LogP contribution in [0.15, 0.2) is 18.2 Å². The molecule has 0 radical (unpaired) electrons. The van der Waals surface area contributed by atoms with Gasteiger partial charge in [0.05, 0.1) is 18.3 Å². The summed E-state index contributed by atoms with van der Waals surface area (Å²) in [6, 6.07) is 3.63. The van der Waals surface area contributed by atoms with Crippen LogP contribution >= 0.6 is 0 Å². The van der Waals surface area contributed by atoms with Crippen LogP contribution in [-0.4, -0.2) is 78.9 Å². The topological polar surface area (TPSA) is 79.8 Å². The predicted molar refractivity (Wildman–Crippen MR) is 140 cm³/mol. The van der Waals surface area contributed by atoms with Crippen molar-refractivity contribution >= 4 is 11.7 Å². The lowest BCUT2D eigenvalue weighted by atomic mass is 9.96. The molecule has 0 aliphatic carbocycles. The van der Waals surface area contributed by atoms with Gasteiger partial charge in [-0.25, -0.2) is 9.97 Å². The van der Waals surface area contributed by atoms with Crippen molar-refractivity contribution in [2.75, 3.05) is 44.9 Å². The highest BCUT2D eigenvalue weighted by Crippen LogP contribution is 2.35. The molecule has 2 saturated heterocycles. The third kappa shape index (κ3) is 6.50. The molecule has 0 spiro atoms. The molecule has 0 saturated carbocycles. The normalized spacial score (nSPS) is 22.3. The lowest BCUT2D eigenvalue weighted by Gasteiger charge is -2.38. The van der Waals surface area contributed by atoms with Crippen LogP contribution in [0.5, 0.6) is 0 Å². The fourth-order valence-corrected chi connectivity index (χ4v) is 5.90. The minimum absolute atomic E-state index is 0.0756. The van der Waals surface area contributed by atoms with Gasteiger partial charge in [-0.3, -0.25) is 4.79 Å². The van der Waals surface area contributed by atoms with E-state index in [2.05, 4.69) is 15.3 Å². The van der Waals surface area contributed by atoms with E-state index < -0.39 is 29.6 Å². The zero-order valence-corrected chi connectivity index (χ0v) is 23.3. The number of carbonyl (C=O) groups excluding carboxylic acids is 1. The molecular weight excluding hydrogens is 568 g/mol. The van der Waals surface area contributed by atoms with E-state index in [4.69, 9.17) is 9.47 Å². The second kappa shape index (κ2) is 12.0. The Morgan fingerprint density at radius 3 is 2.43 bits per heavy atom. The number of hydrogen-bond donors (Lipinski definition) is 1. The molecule has 1 amide bonds. The van der Waals surface area contributed by atoms with Crippen molar-refractivity contribution < 1.29 is 40.6 Å². The molecule has 8 nitrogen and oxygen atoms in total. The largest absolute Gasteiger partial charge is 0.451 e. The first-order chi connectivity index (χ1) is 19.8. The number of methoxy groups -OCH3 is 1. The molecular formula is C28H33F6N5O3. The number of piperidine rings is 1. The number of amides is 1. The van der Waals surface area contributed by atoms with Crippen molar-refractivity contribution in [1.29, 1.82) is 0 Å². The number of ether oxygens (including phenoxy) is 2. The minimum atomic E-state index is -4.92. The molecule has 4 heterocycles. The van der Waals surface area contributed by atoms with Gasteiger partial charge in [0.25, 0.3) is 5.91 Å². The standard InChI is InChI=1S/C28H33F6N5O3/c1-16-23(25(40)38-10-6-20(7-11-38)35-21-8-12-42-15-22(21)41-2)36-26(28(32,33)34)37-24(16)39-9-5-17-3-4-19(27(29,30)31)13-18(17)14-39/h3-4,13,20-22,35H,5-12,14-15H2,1-2H3/t21-,22+/m0/s1. The number of nitrogens with zero attached hydrogens (tertiary/aromatic N) is 4. The average molecular weight is 602 g/mol. The van der Waals surface area contributed by atoms with Crippen LogP contribution in [0.3, 0.4) is 0 Å². The van der Waals surface area contributed by atoms with E-state index in [1.165, 1.54) is 22.8 Å². The van der Waals surface area contributed by atoms with Gasteiger partial charge in [-0.05, 0) is 55.9 Å². The van der Waals surface area contributed by atoms with Gasteiger partial charge in [-0.1, -0.05) is 6.07 Å². The van der Waals surface area contributed by atoms with Crippen molar-refractivity contribution in [2.45, 2.75) is 69.7 Å². The maximum atomic E-state index is 13.9. The van der Waals surface area contributed by atoms with Crippen LogP contribution < -0.4 is 10.2 Å². The Balaban J connectivity index is 1.35. The van der Waals surface area contributed by atoms with E-state index in [0.29, 0.717) is 56.7 Å². The summed E-state index contributed by atoms with van der Waals surface area (Å²) in [5, 5.41) is 3.58. The Labute approximate surface area is 239 Å². The average Bonchev–Trinajstić information content (AvgIpc) is 2.96. The number of carbonyl (C=O) groups is 1. The fraction of sp³-hybridized carbons (Fsp3) is 0.607. The maximum Gasteiger partial charge on any atom is 0.451 e. The minimum Gasteiger partial charge on any atom is -0.379 e. The summed E-state index contributed by atoms with van der Waals surface area (Å²) in [6.45, 7) is 3.41.